The summed E-state index contributed by atoms with van der Waals surface area (Å²) >= 11 is 0. The Morgan fingerprint density at radius 2 is 0.367 bits per heavy atom. The van der Waals surface area contributed by atoms with Crippen LogP contribution in [0.2, 0.25) is 0 Å². The van der Waals surface area contributed by atoms with Crippen LogP contribution in [-0.4, -0.2) is 81.9 Å². The molecule has 0 bridgehead atoms. The van der Waals surface area contributed by atoms with Gasteiger partial charge < -0.3 is 0 Å². The van der Waals surface area contributed by atoms with E-state index in [1.54, 1.807) is 0 Å². The summed E-state index contributed by atoms with van der Waals surface area (Å²) in [6, 6.07) is 0. The van der Waals surface area contributed by atoms with E-state index < -0.39 is 108 Å². The van der Waals surface area contributed by atoms with Crippen molar-refractivity contribution < 1.29 is 141 Å². The fourth-order valence-corrected chi connectivity index (χ4v) is 4.57. The van der Waals surface area contributed by atoms with Gasteiger partial charge >= 0.3 is 81.9 Å². The largest absolute Gasteiger partial charge is 0.697 e. The molecule has 0 aromatic heterocycles. The highest BCUT2D eigenvalue weighted by Gasteiger charge is 2.80. The maximum absolute atomic E-state index is 14.1. The van der Waals surface area contributed by atoms with Gasteiger partial charge in [0, 0.05) is 0 Å². The summed E-state index contributed by atoms with van der Waals surface area (Å²) in [5.41, 5.74) is 0. The van der Waals surface area contributed by atoms with Gasteiger partial charge in [-0.15, -0.1) is 0 Å². The van der Waals surface area contributed by atoms with E-state index in [1.807, 2.05) is 17.7 Å². The van der Waals surface area contributed by atoms with Crippen molar-refractivity contribution in [3.63, 3.8) is 0 Å². The topological polar surface area (TPSA) is 36.9 Å². The van der Waals surface area contributed by atoms with E-state index in [0.717, 1.165) is 0 Å². The fraction of sp³-hybridized carbons (Fsp3) is 1.00. The van der Waals surface area contributed by atoms with Crippen molar-refractivity contribution in [1.29, 1.82) is 0 Å². The summed E-state index contributed by atoms with van der Waals surface area (Å²) in [6.45, 7) is 0. The first-order chi connectivity index (χ1) is 20.7. The van der Waals surface area contributed by atoms with Crippen LogP contribution in [0.5, 0.6) is 0 Å². The molecule has 0 aliphatic carbocycles. The highest BCUT2D eigenvalue weighted by molar-refractivity contribution is 6.54. The molecule has 0 spiro atoms. The highest BCUT2D eigenvalue weighted by atomic mass is 28.4. The van der Waals surface area contributed by atoms with Crippen LogP contribution in [0.4, 0.5) is 123 Å². The average molecular weight is 824 g/mol. The van der Waals surface area contributed by atoms with Crippen LogP contribution >= 0.6 is 0 Å². The van der Waals surface area contributed by atoms with E-state index in [2.05, 4.69) is 0 Å². The highest BCUT2D eigenvalue weighted by Crippen LogP contribution is 2.54. The van der Waals surface area contributed by atoms with Gasteiger partial charge in [0.05, 0.1) is 0 Å². The molecule has 0 aromatic carbocycles. The van der Waals surface area contributed by atoms with Crippen LogP contribution in [0.3, 0.4) is 0 Å². The summed E-state index contributed by atoms with van der Waals surface area (Å²) in [5, 5.41) is 0. The summed E-state index contributed by atoms with van der Waals surface area (Å²) in [5.74, 6) is -30.1. The first-order valence-electron chi connectivity index (χ1n) is 10.8. The zero-order valence-electron chi connectivity index (χ0n) is 21.5. The van der Waals surface area contributed by atoms with Crippen molar-refractivity contribution in [3.05, 3.63) is 0 Å². The second kappa shape index (κ2) is 13.3. The predicted octanol–water partition coefficient (Wildman–Crippen LogP) is 10.2. The normalized spacial score (nSPS) is 16.4. The van der Waals surface area contributed by atoms with E-state index in [9.17, 15) is 123 Å². The first-order valence-corrected chi connectivity index (χ1v) is 12.4. The second-order valence-electron chi connectivity index (χ2n) is 8.96. The van der Waals surface area contributed by atoms with Gasteiger partial charge in [-0.1, -0.05) is 0 Å². The molecular formula is C16H8F28O4Si. The van der Waals surface area contributed by atoms with Crippen molar-refractivity contribution >= 4 is 9.05 Å². The molecule has 0 N–H and O–H groups in total. The number of alkyl halides is 28. The maximum Gasteiger partial charge on any atom is 0.697 e. The molecule has 0 rings (SSSR count). The molecule has 0 saturated heterocycles. The minimum Gasteiger partial charge on any atom is -0.285 e. The van der Waals surface area contributed by atoms with Crippen LogP contribution in [0.15, 0.2) is 0 Å². The van der Waals surface area contributed by atoms with Crippen LogP contribution < -0.4 is 0 Å². The van der Waals surface area contributed by atoms with E-state index in [4.69, 9.17) is 0 Å². The third-order valence-corrected chi connectivity index (χ3v) is 6.43. The lowest BCUT2D eigenvalue weighted by Gasteiger charge is -2.41. The summed E-state index contributed by atoms with van der Waals surface area (Å²) in [7, 11) is -10.5. The van der Waals surface area contributed by atoms with E-state index in [0.29, 0.717) is 0 Å². The SMILES string of the molecule is FC(F)(F)CC(F)(F)C(F)(F)O[Si](OC(F)(F)C(F)(F)CC(F)(F)F)(OC(F)(F)C(F)(F)CC(F)(F)F)OC(F)(F)C(F)(F)CC(F)(F)F. The first kappa shape index (κ1) is 47.1. The third kappa shape index (κ3) is 13.3. The lowest BCUT2D eigenvalue weighted by Crippen LogP contribution is -2.69. The van der Waals surface area contributed by atoms with Gasteiger partial charge in [0.2, 0.25) is 0 Å². The predicted molar refractivity (Wildman–Crippen MR) is 92.4 cm³/mol. The summed E-state index contributed by atoms with van der Waals surface area (Å²) < 4.78 is 378. The van der Waals surface area contributed by atoms with Gasteiger partial charge in [0.15, 0.2) is 0 Å². The van der Waals surface area contributed by atoms with E-state index >= 15 is 0 Å². The Bertz CT molecular complexity index is 928. The molecule has 0 atom stereocenters. The second-order valence-corrected chi connectivity index (χ2v) is 10.8. The quantitative estimate of drug-likeness (QED) is 0.115. The molecule has 0 aromatic rings. The smallest absolute Gasteiger partial charge is 0.285 e. The number of rotatable bonds is 16. The molecule has 0 fully saturated rings. The molecule has 4 nitrogen and oxygen atoms in total. The zero-order chi connectivity index (χ0) is 40.2. The van der Waals surface area contributed by atoms with E-state index in [-0.39, 0.29) is 0 Å². The van der Waals surface area contributed by atoms with Crippen LogP contribution in [-0.2, 0) is 17.7 Å². The van der Waals surface area contributed by atoms with Gasteiger partial charge in [0.25, 0.3) is 0 Å². The van der Waals surface area contributed by atoms with Crippen molar-refractivity contribution in [3.8, 4) is 0 Å². The van der Waals surface area contributed by atoms with Gasteiger partial charge in [-0.3, -0.25) is 17.7 Å². The fourth-order valence-electron chi connectivity index (χ4n) is 2.47. The Morgan fingerprint density at radius 3 is 0.469 bits per heavy atom. The van der Waals surface area contributed by atoms with Crippen LogP contribution in [0.1, 0.15) is 25.7 Å². The van der Waals surface area contributed by atoms with Crippen molar-refractivity contribution in [2.75, 3.05) is 0 Å². The Morgan fingerprint density at radius 1 is 0.245 bits per heavy atom. The molecule has 0 aliphatic rings. The lowest BCUT2D eigenvalue weighted by molar-refractivity contribution is -0.431. The monoisotopic (exact) mass is 824 g/mol. The third-order valence-electron chi connectivity index (χ3n) is 4.41. The molecule has 0 saturated carbocycles. The van der Waals surface area contributed by atoms with Crippen molar-refractivity contribution in [2.24, 2.45) is 0 Å². The Labute approximate surface area is 249 Å². The van der Waals surface area contributed by atoms with Crippen molar-refractivity contribution in [2.45, 2.75) is 98.5 Å². The van der Waals surface area contributed by atoms with Gasteiger partial charge in [0.1, 0.15) is 25.7 Å². The molecule has 0 radical (unpaired) electrons. The molecule has 0 unspecified atom stereocenters. The molecule has 0 amide bonds. The average Bonchev–Trinajstić information content (AvgIpc) is 2.63. The van der Waals surface area contributed by atoms with Crippen molar-refractivity contribution in [1.82, 2.24) is 0 Å². The Hall–Kier alpha value is -1.90. The van der Waals surface area contributed by atoms with E-state index in [1.165, 1.54) is 0 Å². The summed E-state index contributed by atoms with van der Waals surface area (Å²) in [6.07, 6.45) is -77.9. The minimum atomic E-state index is -10.5. The molecule has 296 valence electrons. The van der Waals surface area contributed by atoms with Gasteiger partial charge in [-0.25, -0.2) is 0 Å². The Kier molecular flexibility index (Phi) is 12.7. The molecule has 33 heteroatoms. The number of hydrogen-bond donors (Lipinski definition) is 0. The minimum absolute atomic E-state index is 1.82. The summed E-state index contributed by atoms with van der Waals surface area (Å²) in [4.78, 5) is 0. The number of hydrogen-bond acceptors (Lipinski definition) is 4. The lowest BCUT2D eigenvalue weighted by atomic mass is 10.2. The van der Waals surface area contributed by atoms with Crippen LogP contribution in [0.25, 0.3) is 0 Å². The molecule has 0 aliphatic heterocycles. The van der Waals surface area contributed by atoms with Gasteiger partial charge in [-0.05, 0) is 0 Å². The van der Waals surface area contributed by atoms with Gasteiger partial charge in [-0.2, -0.15) is 123 Å². The standard InChI is InChI=1S/C16H8F28O4Si/c17-5(18,1-9(25,26)27)13(37,38)45-49(46-14(39,40)6(19,20)2-10(28,29)30,47-15(41,42)7(21,22)3-11(31,32)33)48-16(43,44)8(23,24)4-12(34,35)36/h1-4H2. The maximum atomic E-state index is 14.1. The Balaban J connectivity index is 8.09. The molecule has 0 heterocycles. The van der Waals surface area contributed by atoms with Crippen LogP contribution in [0, 0.1) is 0 Å². The molecule has 49 heavy (non-hydrogen) atoms. The molecular weight excluding hydrogens is 816 g/mol. The number of halogens is 28. The zero-order valence-corrected chi connectivity index (χ0v) is 22.5.